The van der Waals surface area contributed by atoms with Crippen LogP contribution in [0.4, 0.5) is 5.69 Å². The molecule has 1 saturated heterocycles. The molecule has 1 aromatic rings. The molecule has 1 aromatic carbocycles. The molecule has 1 heterocycles. The van der Waals surface area contributed by atoms with Crippen LogP contribution in [0.1, 0.15) is 39.2 Å². The molecule has 104 valence electrons. The zero-order valence-corrected chi connectivity index (χ0v) is 13.0. The van der Waals surface area contributed by atoms with Crippen LogP contribution in [0, 0.1) is 12.8 Å². The van der Waals surface area contributed by atoms with Gasteiger partial charge in [0.25, 0.3) is 0 Å². The second-order valence-electron chi connectivity index (χ2n) is 5.98. The molecule has 0 aromatic heterocycles. The zero-order chi connectivity index (χ0) is 14.0. The number of hydrogen-bond acceptors (Lipinski definition) is 2. The Morgan fingerprint density at radius 3 is 2.47 bits per heavy atom. The molecule has 1 fully saturated rings. The van der Waals surface area contributed by atoms with Gasteiger partial charge in [0.1, 0.15) is 5.66 Å². The first kappa shape index (κ1) is 14.3. The van der Waals surface area contributed by atoms with Gasteiger partial charge in [0.15, 0.2) is 5.11 Å². The van der Waals surface area contributed by atoms with Gasteiger partial charge in [-0.15, -0.1) is 0 Å². The van der Waals surface area contributed by atoms with E-state index < -0.39 is 0 Å². The van der Waals surface area contributed by atoms with E-state index in [1.54, 1.807) is 0 Å². The van der Waals surface area contributed by atoms with Gasteiger partial charge < -0.3 is 5.32 Å². The minimum atomic E-state index is -0.147. The number of hydrogen-bond donors (Lipinski definition) is 2. The van der Waals surface area contributed by atoms with Crippen LogP contribution in [0.3, 0.4) is 0 Å². The monoisotopic (exact) mass is 277 g/mol. The fraction of sp³-hybridized carbons (Fsp3) is 0.533. The summed E-state index contributed by atoms with van der Waals surface area (Å²) in [5.41, 5.74) is 5.68. The maximum absolute atomic E-state index is 5.44. The van der Waals surface area contributed by atoms with Gasteiger partial charge in [0.05, 0.1) is 5.69 Å². The van der Waals surface area contributed by atoms with E-state index in [1.165, 1.54) is 12.0 Å². The lowest BCUT2D eigenvalue weighted by molar-refractivity contribution is 0.318. The van der Waals surface area contributed by atoms with Gasteiger partial charge in [-0.05, 0) is 57.0 Å². The number of benzene rings is 1. The van der Waals surface area contributed by atoms with Crippen molar-refractivity contribution >= 4 is 23.0 Å². The Hall–Kier alpha value is -1.13. The fourth-order valence-corrected chi connectivity index (χ4v) is 2.57. The van der Waals surface area contributed by atoms with Crippen molar-refractivity contribution in [2.24, 2.45) is 5.92 Å². The number of anilines is 1. The second kappa shape index (κ2) is 5.47. The molecule has 1 aliphatic rings. The predicted octanol–water partition coefficient (Wildman–Crippen LogP) is 3.35. The summed E-state index contributed by atoms with van der Waals surface area (Å²) in [6.07, 6.45) is 2.22. The number of rotatable bonds is 4. The third-order valence-electron chi connectivity index (χ3n) is 3.46. The molecule has 19 heavy (non-hydrogen) atoms. The normalized spacial score (nSPS) is 23.0. The first-order valence-electron chi connectivity index (χ1n) is 6.86. The van der Waals surface area contributed by atoms with E-state index in [0.29, 0.717) is 5.92 Å². The number of nitrogens with one attached hydrogen (secondary N) is 2. The lowest BCUT2D eigenvalue weighted by Crippen LogP contribution is -2.48. The van der Waals surface area contributed by atoms with Gasteiger partial charge in [-0.2, -0.15) is 0 Å². The highest BCUT2D eigenvalue weighted by Gasteiger charge is 2.36. The summed E-state index contributed by atoms with van der Waals surface area (Å²) in [7, 11) is 0. The number of hydrazine groups is 1. The second-order valence-corrected chi connectivity index (χ2v) is 6.36. The van der Waals surface area contributed by atoms with E-state index in [0.717, 1.165) is 17.2 Å². The Balaban J connectivity index is 2.08. The summed E-state index contributed by atoms with van der Waals surface area (Å²) in [6, 6.07) is 8.38. The SMILES string of the molecule is Cc1ccc(N2N[C@@](C)(CCC(C)C)NC2=S)cc1. The van der Waals surface area contributed by atoms with Gasteiger partial charge in [-0.3, -0.25) is 5.01 Å². The van der Waals surface area contributed by atoms with E-state index in [4.69, 9.17) is 12.2 Å². The molecule has 0 amide bonds. The van der Waals surface area contributed by atoms with Crippen molar-refractivity contribution < 1.29 is 0 Å². The Labute approximate surface area is 121 Å². The summed E-state index contributed by atoms with van der Waals surface area (Å²) in [4.78, 5) is 0. The number of thiocarbonyl (C=S) groups is 1. The van der Waals surface area contributed by atoms with Crippen LogP contribution in [0.15, 0.2) is 24.3 Å². The molecule has 0 aliphatic carbocycles. The minimum absolute atomic E-state index is 0.147. The maximum atomic E-state index is 5.44. The van der Waals surface area contributed by atoms with E-state index in [1.807, 2.05) is 5.01 Å². The first-order valence-corrected chi connectivity index (χ1v) is 7.27. The van der Waals surface area contributed by atoms with Gasteiger partial charge in [-0.25, -0.2) is 5.43 Å². The summed E-state index contributed by atoms with van der Waals surface area (Å²) >= 11 is 5.44. The lowest BCUT2D eigenvalue weighted by atomic mass is 10.0. The Kier molecular flexibility index (Phi) is 4.11. The topological polar surface area (TPSA) is 27.3 Å². The first-order chi connectivity index (χ1) is 8.89. The third-order valence-corrected chi connectivity index (χ3v) is 3.74. The molecule has 0 radical (unpaired) electrons. The highest BCUT2D eigenvalue weighted by atomic mass is 32.1. The van der Waals surface area contributed by atoms with Crippen molar-refractivity contribution in [3.05, 3.63) is 29.8 Å². The quantitative estimate of drug-likeness (QED) is 0.825. The average molecular weight is 277 g/mol. The summed E-state index contributed by atoms with van der Waals surface area (Å²) in [5.74, 6) is 0.697. The van der Waals surface area contributed by atoms with Crippen molar-refractivity contribution in [1.29, 1.82) is 0 Å². The molecule has 1 aliphatic heterocycles. The van der Waals surface area contributed by atoms with Crippen molar-refractivity contribution in [3.63, 3.8) is 0 Å². The summed E-state index contributed by atoms with van der Waals surface area (Å²) in [6.45, 7) is 8.74. The summed E-state index contributed by atoms with van der Waals surface area (Å²) in [5, 5.41) is 6.11. The zero-order valence-electron chi connectivity index (χ0n) is 12.2. The van der Waals surface area contributed by atoms with Crippen molar-refractivity contribution in [1.82, 2.24) is 10.7 Å². The van der Waals surface area contributed by atoms with E-state index in [2.05, 4.69) is 62.7 Å². The van der Waals surface area contributed by atoms with Crippen molar-refractivity contribution in [2.45, 2.75) is 46.2 Å². The Morgan fingerprint density at radius 1 is 1.26 bits per heavy atom. The van der Waals surface area contributed by atoms with Crippen LogP contribution in [0.5, 0.6) is 0 Å². The molecule has 2 N–H and O–H groups in total. The van der Waals surface area contributed by atoms with Crippen LogP contribution in [0.25, 0.3) is 0 Å². The van der Waals surface area contributed by atoms with Gasteiger partial charge in [-0.1, -0.05) is 31.5 Å². The molecule has 0 bridgehead atoms. The van der Waals surface area contributed by atoms with Crippen molar-refractivity contribution in [2.75, 3.05) is 5.01 Å². The predicted molar refractivity (Wildman–Crippen MR) is 85.0 cm³/mol. The Morgan fingerprint density at radius 2 is 1.89 bits per heavy atom. The van der Waals surface area contributed by atoms with Crippen LogP contribution in [-0.2, 0) is 0 Å². The smallest absolute Gasteiger partial charge is 0.189 e. The van der Waals surface area contributed by atoms with E-state index >= 15 is 0 Å². The highest BCUT2D eigenvalue weighted by Crippen LogP contribution is 2.23. The Bertz CT molecular complexity index is 455. The molecule has 0 unspecified atom stereocenters. The molecule has 2 rings (SSSR count). The maximum Gasteiger partial charge on any atom is 0.189 e. The van der Waals surface area contributed by atoms with Crippen molar-refractivity contribution in [3.8, 4) is 0 Å². The molecular weight excluding hydrogens is 254 g/mol. The van der Waals surface area contributed by atoms with Gasteiger partial charge in [0, 0.05) is 0 Å². The van der Waals surface area contributed by atoms with Crippen LogP contribution in [0.2, 0.25) is 0 Å². The average Bonchev–Trinajstić information content (AvgIpc) is 2.64. The van der Waals surface area contributed by atoms with Crippen LogP contribution in [-0.4, -0.2) is 10.8 Å². The highest BCUT2D eigenvalue weighted by molar-refractivity contribution is 7.80. The summed E-state index contributed by atoms with van der Waals surface area (Å²) < 4.78 is 0. The molecule has 0 spiro atoms. The standard InChI is InChI=1S/C15H23N3S/c1-11(2)9-10-15(4)16-14(19)18(17-15)13-7-5-12(3)6-8-13/h5-8,11,17H,9-10H2,1-4H3,(H,16,19)/t15-/m0/s1. The van der Waals surface area contributed by atoms with Gasteiger partial charge in [0.2, 0.25) is 0 Å². The lowest BCUT2D eigenvalue weighted by Gasteiger charge is -2.26. The van der Waals surface area contributed by atoms with E-state index in [9.17, 15) is 0 Å². The largest absolute Gasteiger partial charge is 0.342 e. The molecule has 3 nitrogen and oxygen atoms in total. The molecule has 0 saturated carbocycles. The third kappa shape index (κ3) is 3.45. The fourth-order valence-electron chi connectivity index (χ4n) is 2.19. The molecule has 1 atom stereocenters. The number of aryl methyl sites for hydroxylation is 1. The van der Waals surface area contributed by atoms with Crippen LogP contribution >= 0.6 is 12.2 Å². The molecule has 4 heteroatoms. The molecular formula is C15H23N3S. The number of nitrogens with zero attached hydrogens (tertiary/aromatic N) is 1. The van der Waals surface area contributed by atoms with Gasteiger partial charge >= 0.3 is 0 Å². The minimum Gasteiger partial charge on any atom is -0.342 e. The van der Waals surface area contributed by atoms with E-state index in [-0.39, 0.29) is 5.66 Å². The van der Waals surface area contributed by atoms with Crippen LogP contribution < -0.4 is 15.8 Å².